The highest BCUT2D eigenvalue weighted by Crippen LogP contribution is 2.35. The lowest BCUT2D eigenvalue weighted by atomic mass is 9.91. The number of aryl methyl sites for hydroxylation is 1. The van der Waals surface area contributed by atoms with Crippen molar-refractivity contribution < 1.29 is 5.11 Å². The molecule has 2 aromatic rings. The molecule has 5 heteroatoms. The zero-order valence-electron chi connectivity index (χ0n) is 11.2. The van der Waals surface area contributed by atoms with Crippen LogP contribution in [0.25, 0.3) is 10.2 Å². The Kier molecular flexibility index (Phi) is 3.66. The molecule has 1 aliphatic rings. The van der Waals surface area contributed by atoms with Crippen molar-refractivity contribution in [3.63, 3.8) is 0 Å². The molecule has 102 valence electrons. The van der Waals surface area contributed by atoms with Gasteiger partial charge in [-0.1, -0.05) is 0 Å². The summed E-state index contributed by atoms with van der Waals surface area (Å²) in [6.07, 6.45) is 6.24. The molecule has 0 aromatic carbocycles. The monoisotopic (exact) mass is 277 g/mol. The standard InChI is InChI=1S/C14H19N3OS/c1-10-8-19-13-12(10)15-9-16-14(13)17(6-3-7-18)11-4-2-5-11/h8-9,11,18H,2-7H2,1H3. The van der Waals surface area contributed by atoms with Gasteiger partial charge < -0.3 is 10.0 Å². The van der Waals surface area contributed by atoms with Crippen molar-refractivity contribution in [3.8, 4) is 0 Å². The summed E-state index contributed by atoms with van der Waals surface area (Å²) < 4.78 is 1.19. The smallest absolute Gasteiger partial charge is 0.150 e. The third kappa shape index (κ3) is 2.32. The molecule has 2 aromatic heterocycles. The Morgan fingerprint density at radius 3 is 2.95 bits per heavy atom. The molecule has 0 spiro atoms. The maximum atomic E-state index is 9.10. The second kappa shape index (κ2) is 5.43. The maximum absolute atomic E-state index is 9.10. The summed E-state index contributed by atoms with van der Waals surface area (Å²) in [5, 5.41) is 11.2. The van der Waals surface area contributed by atoms with E-state index in [2.05, 4.69) is 27.2 Å². The van der Waals surface area contributed by atoms with Crippen molar-refractivity contribution in [2.24, 2.45) is 0 Å². The molecule has 0 bridgehead atoms. The van der Waals surface area contributed by atoms with Gasteiger partial charge >= 0.3 is 0 Å². The van der Waals surface area contributed by atoms with Crippen molar-refractivity contribution in [2.75, 3.05) is 18.1 Å². The first kappa shape index (κ1) is 12.8. The zero-order valence-corrected chi connectivity index (χ0v) is 12.0. The van der Waals surface area contributed by atoms with Crippen molar-refractivity contribution in [1.82, 2.24) is 9.97 Å². The number of aromatic nitrogens is 2. The molecule has 4 nitrogen and oxygen atoms in total. The van der Waals surface area contributed by atoms with Gasteiger partial charge in [0, 0.05) is 19.2 Å². The largest absolute Gasteiger partial charge is 0.396 e. The summed E-state index contributed by atoms with van der Waals surface area (Å²) in [6, 6.07) is 0.590. The predicted molar refractivity (Wildman–Crippen MR) is 78.8 cm³/mol. The quantitative estimate of drug-likeness (QED) is 0.913. The summed E-state index contributed by atoms with van der Waals surface area (Å²) in [7, 11) is 0. The average Bonchev–Trinajstić information content (AvgIpc) is 2.74. The van der Waals surface area contributed by atoms with E-state index in [4.69, 9.17) is 5.11 Å². The zero-order chi connectivity index (χ0) is 13.2. The van der Waals surface area contributed by atoms with Gasteiger partial charge in [-0.15, -0.1) is 11.3 Å². The second-order valence-electron chi connectivity index (χ2n) is 5.15. The summed E-state index contributed by atoms with van der Waals surface area (Å²) in [5.74, 6) is 1.06. The summed E-state index contributed by atoms with van der Waals surface area (Å²) >= 11 is 1.73. The third-order valence-corrected chi connectivity index (χ3v) is 4.94. The van der Waals surface area contributed by atoms with Crippen LogP contribution in [0.3, 0.4) is 0 Å². The Balaban J connectivity index is 1.98. The fourth-order valence-corrected chi connectivity index (χ4v) is 3.57. The molecule has 1 fully saturated rings. The van der Waals surface area contributed by atoms with Crippen LogP contribution in [0, 0.1) is 6.92 Å². The van der Waals surface area contributed by atoms with Gasteiger partial charge in [-0.2, -0.15) is 0 Å². The Bertz CT molecular complexity index is 565. The number of aliphatic hydroxyl groups is 1. The SMILES string of the molecule is Cc1csc2c(N(CCCO)C3CCC3)ncnc12. The highest BCUT2D eigenvalue weighted by molar-refractivity contribution is 7.18. The van der Waals surface area contributed by atoms with Crippen LogP contribution in [-0.2, 0) is 0 Å². The molecule has 0 radical (unpaired) electrons. The molecule has 3 rings (SSSR count). The number of thiophene rings is 1. The molecule has 0 atom stereocenters. The Hall–Kier alpha value is -1.20. The normalized spacial score (nSPS) is 15.7. The highest BCUT2D eigenvalue weighted by atomic mass is 32.1. The number of aliphatic hydroxyl groups excluding tert-OH is 1. The topological polar surface area (TPSA) is 49.2 Å². The molecule has 19 heavy (non-hydrogen) atoms. The Morgan fingerprint density at radius 2 is 2.26 bits per heavy atom. The van der Waals surface area contributed by atoms with E-state index >= 15 is 0 Å². The number of anilines is 1. The van der Waals surface area contributed by atoms with E-state index < -0.39 is 0 Å². The highest BCUT2D eigenvalue weighted by Gasteiger charge is 2.27. The van der Waals surface area contributed by atoms with Crippen LogP contribution < -0.4 is 4.90 Å². The van der Waals surface area contributed by atoms with Crippen LogP contribution in [0.15, 0.2) is 11.7 Å². The van der Waals surface area contributed by atoms with Crippen molar-refractivity contribution in [2.45, 2.75) is 38.6 Å². The molecular formula is C14H19N3OS. The van der Waals surface area contributed by atoms with Gasteiger partial charge in [0.25, 0.3) is 0 Å². The van der Waals surface area contributed by atoms with E-state index in [0.717, 1.165) is 24.3 Å². The number of hydrogen-bond acceptors (Lipinski definition) is 5. The molecule has 2 heterocycles. The molecule has 0 amide bonds. The second-order valence-corrected chi connectivity index (χ2v) is 6.03. The van der Waals surface area contributed by atoms with Gasteiger partial charge in [0.1, 0.15) is 12.1 Å². The van der Waals surface area contributed by atoms with Gasteiger partial charge in [-0.3, -0.25) is 0 Å². The number of rotatable bonds is 5. The number of fused-ring (bicyclic) bond motifs is 1. The van der Waals surface area contributed by atoms with Crippen LogP contribution in [0.2, 0.25) is 0 Å². The van der Waals surface area contributed by atoms with E-state index in [0.29, 0.717) is 6.04 Å². The minimum Gasteiger partial charge on any atom is -0.396 e. The van der Waals surface area contributed by atoms with Gasteiger partial charge in [-0.05, 0) is 43.6 Å². The molecule has 1 aliphatic carbocycles. The number of nitrogens with zero attached hydrogens (tertiary/aromatic N) is 3. The van der Waals surface area contributed by atoms with Gasteiger partial charge in [0.05, 0.1) is 10.2 Å². The maximum Gasteiger partial charge on any atom is 0.150 e. The lowest BCUT2D eigenvalue weighted by molar-refractivity contribution is 0.282. The summed E-state index contributed by atoms with van der Waals surface area (Å²) in [6.45, 7) is 3.21. The molecular weight excluding hydrogens is 258 g/mol. The van der Waals surface area contributed by atoms with Gasteiger partial charge in [-0.25, -0.2) is 9.97 Å². The molecule has 0 saturated heterocycles. The van der Waals surface area contributed by atoms with Gasteiger partial charge in [0.15, 0.2) is 0 Å². The van der Waals surface area contributed by atoms with Gasteiger partial charge in [0.2, 0.25) is 0 Å². The Labute approximate surface area is 117 Å². The lowest BCUT2D eigenvalue weighted by Crippen LogP contribution is -2.41. The summed E-state index contributed by atoms with van der Waals surface area (Å²) in [5.41, 5.74) is 2.29. The van der Waals surface area contributed by atoms with E-state index in [1.165, 1.54) is 29.5 Å². The first-order valence-electron chi connectivity index (χ1n) is 6.87. The van der Waals surface area contributed by atoms with Crippen molar-refractivity contribution in [1.29, 1.82) is 0 Å². The molecule has 1 saturated carbocycles. The fourth-order valence-electron chi connectivity index (χ4n) is 2.56. The summed E-state index contributed by atoms with van der Waals surface area (Å²) in [4.78, 5) is 11.3. The average molecular weight is 277 g/mol. The number of hydrogen-bond donors (Lipinski definition) is 1. The molecule has 1 N–H and O–H groups in total. The van der Waals surface area contributed by atoms with Crippen LogP contribution in [-0.4, -0.2) is 34.3 Å². The van der Waals surface area contributed by atoms with Crippen molar-refractivity contribution in [3.05, 3.63) is 17.3 Å². The fraction of sp³-hybridized carbons (Fsp3) is 0.571. The molecule has 0 unspecified atom stereocenters. The van der Waals surface area contributed by atoms with Crippen LogP contribution in [0.5, 0.6) is 0 Å². The van der Waals surface area contributed by atoms with Crippen LogP contribution in [0.1, 0.15) is 31.2 Å². The van der Waals surface area contributed by atoms with E-state index in [9.17, 15) is 0 Å². The minimum atomic E-state index is 0.237. The third-order valence-electron chi connectivity index (χ3n) is 3.86. The first-order chi connectivity index (χ1) is 9.31. The van der Waals surface area contributed by atoms with E-state index in [1.54, 1.807) is 17.7 Å². The predicted octanol–water partition coefficient (Wildman–Crippen LogP) is 2.74. The van der Waals surface area contributed by atoms with E-state index in [-0.39, 0.29) is 6.61 Å². The molecule has 0 aliphatic heterocycles. The first-order valence-corrected chi connectivity index (χ1v) is 7.75. The van der Waals surface area contributed by atoms with Crippen LogP contribution in [0.4, 0.5) is 5.82 Å². The minimum absolute atomic E-state index is 0.237. The Morgan fingerprint density at radius 1 is 1.42 bits per heavy atom. The van der Waals surface area contributed by atoms with Crippen LogP contribution >= 0.6 is 11.3 Å². The van der Waals surface area contributed by atoms with Crippen molar-refractivity contribution >= 4 is 27.4 Å². The lowest BCUT2D eigenvalue weighted by Gasteiger charge is -2.38. The van der Waals surface area contributed by atoms with E-state index in [1.807, 2.05) is 0 Å².